The van der Waals surface area contributed by atoms with Crippen LogP contribution in [0.4, 0.5) is 10.5 Å². The standard InChI is InChI=1S/C10H14BrN3O4/c1-5-6-7(14(16)17)8(11)13(12-6)9(15)18-10(2,3)4/h5H2,1-4H3. The van der Waals surface area contributed by atoms with E-state index in [1.54, 1.807) is 27.7 Å². The molecule has 1 aromatic rings. The molecule has 0 aliphatic carbocycles. The van der Waals surface area contributed by atoms with E-state index in [2.05, 4.69) is 21.0 Å². The van der Waals surface area contributed by atoms with Gasteiger partial charge in [-0.05, 0) is 43.1 Å². The van der Waals surface area contributed by atoms with Gasteiger partial charge in [0.05, 0.1) is 4.92 Å². The van der Waals surface area contributed by atoms with Crippen molar-refractivity contribution in [2.75, 3.05) is 0 Å². The summed E-state index contributed by atoms with van der Waals surface area (Å²) in [4.78, 5) is 22.1. The first-order valence-corrected chi connectivity index (χ1v) is 6.11. The number of carbonyl (C=O) groups is 1. The molecule has 0 aromatic carbocycles. The predicted octanol–water partition coefficient (Wildman–Crippen LogP) is 2.90. The zero-order valence-corrected chi connectivity index (χ0v) is 12.1. The molecular formula is C10H14BrN3O4. The third kappa shape index (κ3) is 3.06. The summed E-state index contributed by atoms with van der Waals surface area (Å²) >= 11 is 3.01. The van der Waals surface area contributed by atoms with Crippen LogP contribution in [0.5, 0.6) is 0 Å². The summed E-state index contributed by atoms with van der Waals surface area (Å²) in [6, 6.07) is 0. The smallest absolute Gasteiger partial charge is 0.436 e. The Morgan fingerprint density at radius 2 is 2.11 bits per heavy atom. The third-order valence-corrected chi connectivity index (χ3v) is 2.67. The molecule has 1 rings (SSSR count). The maximum Gasteiger partial charge on any atom is 0.436 e. The zero-order valence-electron chi connectivity index (χ0n) is 10.6. The van der Waals surface area contributed by atoms with E-state index in [4.69, 9.17) is 4.74 Å². The largest absolute Gasteiger partial charge is 0.442 e. The molecule has 7 nitrogen and oxygen atoms in total. The summed E-state index contributed by atoms with van der Waals surface area (Å²) in [5, 5.41) is 14.8. The monoisotopic (exact) mass is 319 g/mol. The van der Waals surface area contributed by atoms with Gasteiger partial charge in [0, 0.05) is 0 Å². The molecule has 100 valence electrons. The van der Waals surface area contributed by atoms with Gasteiger partial charge in [-0.25, -0.2) is 4.79 Å². The highest BCUT2D eigenvalue weighted by Crippen LogP contribution is 2.29. The number of nitro groups is 1. The molecular weight excluding hydrogens is 306 g/mol. The summed E-state index contributed by atoms with van der Waals surface area (Å²) in [5.74, 6) is 0. The average Bonchev–Trinajstić information content (AvgIpc) is 2.52. The van der Waals surface area contributed by atoms with Gasteiger partial charge in [-0.15, -0.1) is 0 Å². The number of ether oxygens (including phenoxy) is 1. The number of nitrogens with zero attached hydrogens (tertiary/aromatic N) is 3. The number of halogens is 1. The molecule has 1 aromatic heterocycles. The van der Waals surface area contributed by atoms with Crippen molar-refractivity contribution >= 4 is 27.7 Å². The molecule has 0 aliphatic rings. The van der Waals surface area contributed by atoms with E-state index in [1.807, 2.05) is 0 Å². The van der Waals surface area contributed by atoms with Crippen LogP contribution in [0.1, 0.15) is 33.4 Å². The number of hydrogen-bond donors (Lipinski definition) is 0. The second-order valence-corrected chi connectivity index (χ2v) is 5.34. The van der Waals surface area contributed by atoms with Gasteiger partial charge in [0.1, 0.15) is 11.3 Å². The second-order valence-electron chi connectivity index (χ2n) is 4.59. The van der Waals surface area contributed by atoms with Crippen molar-refractivity contribution in [3.63, 3.8) is 0 Å². The van der Waals surface area contributed by atoms with Gasteiger partial charge in [-0.2, -0.15) is 9.78 Å². The van der Waals surface area contributed by atoms with E-state index < -0.39 is 16.6 Å². The van der Waals surface area contributed by atoms with E-state index in [0.717, 1.165) is 4.68 Å². The molecule has 0 aliphatic heterocycles. The van der Waals surface area contributed by atoms with Crippen molar-refractivity contribution in [3.05, 3.63) is 20.4 Å². The quantitative estimate of drug-likeness (QED) is 0.617. The van der Waals surface area contributed by atoms with Crippen molar-refractivity contribution in [2.24, 2.45) is 0 Å². The lowest BCUT2D eigenvalue weighted by Crippen LogP contribution is -2.28. The van der Waals surface area contributed by atoms with Crippen LogP contribution in [0, 0.1) is 10.1 Å². The van der Waals surface area contributed by atoms with Crippen LogP contribution in [-0.4, -0.2) is 26.4 Å². The summed E-state index contributed by atoms with van der Waals surface area (Å²) < 4.78 is 5.97. The van der Waals surface area contributed by atoms with Gasteiger partial charge in [-0.1, -0.05) is 6.92 Å². The average molecular weight is 320 g/mol. The number of hydrogen-bond acceptors (Lipinski definition) is 5. The molecule has 0 bridgehead atoms. The third-order valence-electron chi connectivity index (χ3n) is 1.96. The van der Waals surface area contributed by atoms with Crippen molar-refractivity contribution in [1.82, 2.24) is 9.78 Å². The highest BCUT2D eigenvalue weighted by Gasteiger charge is 2.30. The lowest BCUT2D eigenvalue weighted by atomic mass is 10.2. The summed E-state index contributed by atoms with van der Waals surface area (Å²) in [5.41, 5.74) is -0.662. The van der Waals surface area contributed by atoms with Crippen molar-refractivity contribution in [3.8, 4) is 0 Å². The molecule has 0 unspecified atom stereocenters. The van der Waals surface area contributed by atoms with Crippen LogP contribution in [0.15, 0.2) is 4.60 Å². The number of aryl methyl sites for hydroxylation is 1. The van der Waals surface area contributed by atoms with E-state index in [9.17, 15) is 14.9 Å². The minimum absolute atomic E-state index is 0.00130. The zero-order chi connectivity index (χ0) is 14.1. The Balaban J connectivity index is 3.19. The van der Waals surface area contributed by atoms with E-state index in [-0.39, 0.29) is 16.0 Å². The molecule has 0 amide bonds. The highest BCUT2D eigenvalue weighted by molar-refractivity contribution is 9.10. The van der Waals surface area contributed by atoms with E-state index >= 15 is 0 Å². The topological polar surface area (TPSA) is 87.3 Å². The Bertz CT molecular complexity index is 490. The van der Waals surface area contributed by atoms with Crippen LogP contribution in [0.3, 0.4) is 0 Å². The van der Waals surface area contributed by atoms with Gasteiger partial charge in [0.15, 0.2) is 4.60 Å². The fraction of sp³-hybridized carbons (Fsp3) is 0.600. The molecule has 0 saturated heterocycles. The predicted molar refractivity (Wildman–Crippen MR) is 67.6 cm³/mol. The summed E-state index contributed by atoms with van der Waals surface area (Å²) in [7, 11) is 0. The molecule has 0 atom stereocenters. The Morgan fingerprint density at radius 1 is 1.56 bits per heavy atom. The molecule has 0 radical (unpaired) electrons. The first kappa shape index (κ1) is 14.6. The maximum atomic E-state index is 11.8. The normalized spacial score (nSPS) is 11.4. The molecule has 8 heteroatoms. The lowest BCUT2D eigenvalue weighted by Gasteiger charge is -2.18. The molecule has 0 saturated carbocycles. The molecule has 18 heavy (non-hydrogen) atoms. The SMILES string of the molecule is CCc1nn(C(=O)OC(C)(C)C)c(Br)c1[N+](=O)[O-]. The second kappa shape index (κ2) is 5.05. The summed E-state index contributed by atoms with van der Waals surface area (Å²) in [6.07, 6.45) is -0.401. The Morgan fingerprint density at radius 3 is 2.44 bits per heavy atom. The maximum absolute atomic E-state index is 11.8. The number of rotatable bonds is 2. The minimum Gasteiger partial charge on any atom is -0.442 e. The molecule has 0 N–H and O–H groups in total. The Hall–Kier alpha value is -1.44. The number of aromatic nitrogens is 2. The van der Waals surface area contributed by atoms with Crippen molar-refractivity contribution in [2.45, 2.75) is 39.7 Å². The Labute approximate surface area is 112 Å². The van der Waals surface area contributed by atoms with Crippen LogP contribution >= 0.6 is 15.9 Å². The van der Waals surface area contributed by atoms with Gasteiger partial charge in [0.25, 0.3) is 0 Å². The molecule has 1 heterocycles. The van der Waals surface area contributed by atoms with Gasteiger partial charge < -0.3 is 4.74 Å². The Kier molecular flexibility index (Phi) is 4.10. The van der Waals surface area contributed by atoms with Gasteiger partial charge in [-0.3, -0.25) is 10.1 Å². The fourth-order valence-electron chi connectivity index (χ4n) is 1.28. The first-order chi connectivity index (χ1) is 8.17. The van der Waals surface area contributed by atoms with Crippen LogP contribution in [0.2, 0.25) is 0 Å². The van der Waals surface area contributed by atoms with Gasteiger partial charge in [0.2, 0.25) is 0 Å². The van der Waals surface area contributed by atoms with E-state index in [1.165, 1.54) is 0 Å². The van der Waals surface area contributed by atoms with Crippen molar-refractivity contribution in [1.29, 1.82) is 0 Å². The lowest BCUT2D eigenvalue weighted by molar-refractivity contribution is -0.386. The minimum atomic E-state index is -0.753. The van der Waals surface area contributed by atoms with Crippen molar-refractivity contribution < 1.29 is 14.5 Å². The van der Waals surface area contributed by atoms with E-state index in [0.29, 0.717) is 6.42 Å². The van der Waals surface area contributed by atoms with Crippen LogP contribution in [0.25, 0.3) is 0 Å². The fourth-order valence-corrected chi connectivity index (χ4v) is 1.87. The summed E-state index contributed by atoms with van der Waals surface area (Å²) in [6.45, 7) is 6.84. The number of carbonyl (C=O) groups excluding carboxylic acids is 1. The molecule has 0 spiro atoms. The van der Waals surface area contributed by atoms with Crippen LogP contribution < -0.4 is 0 Å². The van der Waals surface area contributed by atoms with Crippen LogP contribution in [-0.2, 0) is 11.2 Å². The highest BCUT2D eigenvalue weighted by atomic mass is 79.9. The molecule has 0 fully saturated rings. The first-order valence-electron chi connectivity index (χ1n) is 5.32. The van der Waals surface area contributed by atoms with Gasteiger partial charge >= 0.3 is 11.8 Å².